The fraction of sp³-hybridized carbons (Fsp3) is 0.273. The van der Waals surface area contributed by atoms with Crippen LogP contribution in [0.3, 0.4) is 0 Å². The molecule has 1 aromatic heterocycles. The summed E-state index contributed by atoms with van der Waals surface area (Å²) in [6, 6.07) is 27.7. The number of rotatable bonds is 8. The molecule has 4 aromatic rings. The highest BCUT2D eigenvalue weighted by molar-refractivity contribution is 5.91. The highest BCUT2D eigenvalue weighted by Crippen LogP contribution is 2.41. The molecule has 3 aromatic carbocycles. The summed E-state index contributed by atoms with van der Waals surface area (Å²) < 4.78 is 11.9. The molecule has 1 aliphatic carbocycles. The van der Waals surface area contributed by atoms with E-state index in [9.17, 15) is 9.59 Å². The molecule has 0 spiro atoms. The third kappa shape index (κ3) is 5.60. The molecular formula is C33H32N2O4. The number of hydrogen-bond donors (Lipinski definition) is 1. The number of ether oxygens (including phenoxy) is 1. The first-order valence-corrected chi connectivity index (χ1v) is 13.6. The summed E-state index contributed by atoms with van der Waals surface area (Å²) in [6.07, 6.45) is 2.80. The van der Waals surface area contributed by atoms with Gasteiger partial charge in [-0.05, 0) is 72.7 Å². The lowest BCUT2D eigenvalue weighted by Gasteiger charge is -2.38. The van der Waals surface area contributed by atoms with Gasteiger partial charge in [-0.15, -0.1) is 0 Å². The Morgan fingerprint density at radius 2 is 1.77 bits per heavy atom. The van der Waals surface area contributed by atoms with Crippen molar-refractivity contribution in [2.24, 2.45) is 5.92 Å². The van der Waals surface area contributed by atoms with Gasteiger partial charge in [-0.1, -0.05) is 66.2 Å². The lowest BCUT2D eigenvalue weighted by Crippen LogP contribution is -2.41. The molecule has 1 atom stereocenters. The van der Waals surface area contributed by atoms with Gasteiger partial charge in [0.05, 0.1) is 6.04 Å². The molecular weight excluding hydrogens is 488 g/mol. The molecule has 1 fully saturated rings. The van der Waals surface area contributed by atoms with Gasteiger partial charge in [0, 0.05) is 19.0 Å². The minimum Gasteiger partial charge on any atom is -0.486 e. The third-order valence-corrected chi connectivity index (χ3v) is 7.51. The molecule has 1 aliphatic heterocycles. The predicted molar refractivity (Wildman–Crippen MR) is 148 cm³/mol. The Bertz CT molecular complexity index is 1470. The lowest BCUT2D eigenvalue weighted by atomic mass is 9.87. The summed E-state index contributed by atoms with van der Waals surface area (Å²) in [5.41, 5.74) is 5.68. The molecule has 6 heteroatoms. The van der Waals surface area contributed by atoms with E-state index in [1.54, 1.807) is 12.1 Å². The number of furan rings is 1. The summed E-state index contributed by atoms with van der Waals surface area (Å²) >= 11 is 0. The number of fused-ring (bicyclic) bond motifs is 1. The van der Waals surface area contributed by atoms with Crippen LogP contribution >= 0.6 is 0 Å². The van der Waals surface area contributed by atoms with Crippen LogP contribution in [-0.2, 0) is 24.4 Å². The van der Waals surface area contributed by atoms with Gasteiger partial charge in [-0.3, -0.25) is 9.59 Å². The van der Waals surface area contributed by atoms with Crippen molar-refractivity contribution >= 4 is 11.8 Å². The molecule has 2 amide bonds. The number of amides is 2. The molecule has 6 rings (SSSR count). The zero-order valence-electron chi connectivity index (χ0n) is 22.1. The van der Waals surface area contributed by atoms with E-state index in [1.807, 2.05) is 36.4 Å². The number of carbonyl (C=O) groups is 2. The topological polar surface area (TPSA) is 71.8 Å². The van der Waals surface area contributed by atoms with Crippen LogP contribution in [0.1, 0.15) is 63.0 Å². The number of carbonyl (C=O) groups excluding carboxylic acids is 2. The standard InChI is InChI=1S/C33H32N2O4/c1-22-7-9-25(10-8-22)31-29-19-27(14-13-24(29)17-18-35(31)33(37)26-11-12-26)38-21-28-15-16-30(39-28)32(36)34-20-23-5-3-2-4-6-23/h2-10,13-16,19,26,31H,11-12,17-18,20-21H2,1H3,(H,34,36)/t31-/m1/s1. The van der Waals surface area contributed by atoms with E-state index in [-0.39, 0.29) is 36.1 Å². The summed E-state index contributed by atoms with van der Waals surface area (Å²) in [4.78, 5) is 27.8. The van der Waals surface area contributed by atoms with Gasteiger partial charge < -0.3 is 19.4 Å². The normalized spacial score (nSPS) is 16.4. The minimum atomic E-state index is -0.264. The second-order valence-electron chi connectivity index (χ2n) is 10.5. The van der Waals surface area contributed by atoms with E-state index in [2.05, 4.69) is 53.5 Å². The van der Waals surface area contributed by atoms with Crippen molar-refractivity contribution in [2.75, 3.05) is 6.54 Å². The fourth-order valence-corrected chi connectivity index (χ4v) is 5.19. The quantitative estimate of drug-likeness (QED) is 0.310. The van der Waals surface area contributed by atoms with Gasteiger partial charge in [0.2, 0.25) is 5.91 Å². The van der Waals surface area contributed by atoms with Crippen molar-refractivity contribution in [3.8, 4) is 5.75 Å². The van der Waals surface area contributed by atoms with Crippen molar-refractivity contribution in [3.63, 3.8) is 0 Å². The van der Waals surface area contributed by atoms with Crippen molar-refractivity contribution in [1.82, 2.24) is 10.2 Å². The van der Waals surface area contributed by atoms with E-state index in [0.717, 1.165) is 42.5 Å². The van der Waals surface area contributed by atoms with Crippen LogP contribution in [0.15, 0.2) is 89.3 Å². The Morgan fingerprint density at radius 3 is 2.54 bits per heavy atom. The number of hydrogen-bond acceptors (Lipinski definition) is 4. The van der Waals surface area contributed by atoms with E-state index < -0.39 is 0 Å². The monoisotopic (exact) mass is 520 g/mol. The Kier molecular flexibility index (Phi) is 6.93. The Labute approximate surface area is 228 Å². The average molecular weight is 521 g/mol. The van der Waals surface area contributed by atoms with Crippen LogP contribution in [0.25, 0.3) is 0 Å². The fourth-order valence-electron chi connectivity index (χ4n) is 5.19. The van der Waals surface area contributed by atoms with Crippen molar-refractivity contribution in [2.45, 2.75) is 45.4 Å². The lowest BCUT2D eigenvalue weighted by molar-refractivity contribution is -0.134. The zero-order valence-corrected chi connectivity index (χ0v) is 22.1. The van der Waals surface area contributed by atoms with Gasteiger partial charge >= 0.3 is 0 Å². The Morgan fingerprint density at radius 1 is 0.974 bits per heavy atom. The molecule has 1 saturated carbocycles. The SMILES string of the molecule is Cc1ccc([C@@H]2c3cc(OCc4ccc(C(=O)NCc5ccccc5)o4)ccc3CCN2C(=O)C2CC2)cc1. The number of aryl methyl sites for hydroxylation is 1. The molecule has 1 N–H and O–H groups in total. The smallest absolute Gasteiger partial charge is 0.287 e. The second kappa shape index (κ2) is 10.8. The Balaban J connectivity index is 1.17. The first kappa shape index (κ1) is 25.0. The van der Waals surface area contributed by atoms with Crippen LogP contribution in [-0.4, -0.2) is 23.3 Å². The summed E-state index contributed by atoms with van der Waals surface area (Å²) in [5, 5.41) is 2.88. The molecule has 2 heterocycles. The van der Waals surface area contributed by atoms with Crippen molar-refractivity contribution < 1.29 is 18.7 Å². The van der Waals surface area contributed by atoms with Crippen LogP contribution < -0.4 is 10.1 Å². The van der Waals surface area contributed by atoms with Gasteiger partial charge in [0.25, 0.3) is 5.91 Å². The molecule has 39 heavy (non-hydrogen) atoms. The maximum Gasteiger partial charge on any atom is 0.287 e. The van der Waals surface area contributed by atoms with Gasteiger partial charge in [-0.2, -0.15) is 0 Å². The molecule has 0 bridgehead atoms. The van der Waals surface area contributed by atoms with E-state index in [0.29, 0.717) is 18.1 Å². The van der Waals surface area contributed by atoms with Crippen molar-refractivity contribution in [3.05, 3.63) is 124 Å². The van der Waals surface area contributed by atoms with E-state index in [4.69, 9.17) is 9.15 Å². The average Bonchev–Trinajstić information content (AvgIpc) is 3.72. The Hall–Kier alpha value is -4.32. The molecule has 6 nitrogen and oxygen atoms in total. The summed E-state index contributed by atoms with van der Waals surface area (Å²) in [5.74, 6) is 1.68. The summed E-state index contributed by atoms with van der Waals surface area (Å²) in [7, 11) is 0. The second-order valence-corrected chi connectivity index (χ2v) is 10.5. The predicted octanol–water partition coefficient (Wildman–Crippen LogP) is 5.98. The first-order chi connectivity index (χ1) is 19.0. The van der Waals surface area contributed by atoms with E-state index >= 15 is 0 Å². The van der Waals surface area contributed by atoms with Gasteiger partial charge in [-0.25, -0.2) is 0 Å². The van der Waals surface area contributed by atoms with E-state index in [1.165, 1.54) is 11.1 Å². The molecule has 0 radical (unpaired) electrons. The molecule has 198 valence electrons. The maximum absolute atomic E-state index is 13.3. The summed E-state index contributed by atoms with van der Waals surface area (Å²) in [6.45, 7) is 3.43. The maximum atomic E-state index is 13.3. The molecule has 0 unspecified atom stereocenters. The number of benzene rings is 3. The van der Waals surface area contributed by atoms with Gasteiger partial charge in [0.1, 0.15) is 18.1 Å². The van der Waals surface area contributed by atoms with Crippen LogP contribution in [0, 0.1) is 12.8 Å². The van der Waals surface area contributed by atoms with Crippen LogP contribution in [0.5, 0.6) is 5.75 Å². The molecule has 0 saturated heterocycles. The van der Waals surface area contributed by atoms with Crippen molar-refractivity contribution in [1.29, 1.82) is 0 Å². The van der Waals surface area contributed by atoms with Gasteiger partial charge in [0.15, 0.2) is 5.76 Å². The number of nitrogens with one attached hydrogen (secondary N) is 1. The highest BCUT2D eigenvalue weighted by atomic mass is 16.5. The molecule has 2 aliphatic rings. The van der Waals surface area contributed by atoms with Crippen LogP contribution in [0.2, 0.25) is 0 Å². The van der Waals surface area contributed by atoms with Crippen LogP contribution in [0.4, 0.5) is 0 Å². The highest BCUT2D eigenvalue weighted by Gasteiger charge is 2.39. The number of nitrogens with zero attached hydrogens (tertiary/aromatic N) is 1. The first-order valence-electron chi connectivity index (χ1n) is 13.6. The minimum absolute atomic E-state index is 0.130. The zero-order chi connectivity index (χ0) is 26.8. The third-order valence-electron chi connectivity index (χ3n) is 7.51. The largest absolute Gasteiger partial charge is 0.486 e.